The van der Waals surface area contributed by atoms with Crippen LogP contribution in [0.3, 0.4) is 0 Å². The number of carbonyl (C=O) groups is 2. The van der Waals surface area contributed by atoms with Crippen molar-refractivity contribution in [2.75, 3.05) is 5.75 Å². The zero-order chi connectivity index (χ0) is 14.6. The summed E-state index contributed by atoms with van der Waals surface area (Å²) in [6, 6.07) is 1.86. The summed E-state index contributed by atoms with van der Waals surface area (Å²) in [6.45, 7) is 1.28. The van der Waals surface area contributed by atoms with Crippen molar-refractivity contribution in [3.8, 4) is 11.5 Å². The van der Waals surface area contributed by atoms with Crippen molar-refractivity contribution < 1.29 is 19.8 Å². The van der Waals surface area contributed by atoms with Gasteiger partial charge in [0.05, 0.1) is 9.37 Å². The lowest BCUT2D eigenvalue weighted by Crippen LogP contribution is -2.45. The lowest BCUT2D eigenvalue weighted by atomic mass is 10.3. The van der Waals surface area contributed by atoms with E-state index in [0.717, 1.165) is 11.8 Å². The van der Waals surface area contributed by atoms with E-state index in [4.69, 9.17) is 5.73 Å². The number of hydrogen-bond acceptors (Lipinski definition) is 5. The van der Waals surface area contributed by atoms with Crippen LogP contribution >= 0.6 is 27.7 Å². The normalized spacial score (nSPS) is 11.9. The van der Waals surface area contributed by atoms with Crippen LogP contribution in [0.2, 0.25) is 0 Å². The van der Waals surface area contributed by atoms with E-state index in [2.05, 4.69) is 21.2 Å². The van der Waals surface area contributed by atoms with Crippen molar-refractivity contribution in [3.63, 3.8) is 0 Å². The third kappa shape index (κ3) is 4.64. The molecule has 0 aliphatic carbocycles. The molecule has 0 saturated heterocycles. The van der Waals surface area contributed by atoms with Crippen LogP contribution in [-0.2, 0) is 9.59 Å². The number of thioether (sulfide) groups is 1. The first kappa shape index (κ1) is 15.6. The van der Waals surface area contributed by atoms with E-state index in [-0.39, 0.29) is 23.2 Å². The molecule has 0 radical (unpaired) electrons. The highest BCUT2D eigenvalue weighted by molar-refractivity contribution is 9.10. The van der Waals surface area contributed by atoms with Crippen molar-refractivity contribution in [1.29, 1.82) is 0 Å². The van der Waals surface area contributed by atoms with E-state index >= 15 is 0 Å². The fraction of sp³-hybridized carbons (Fsp3) is 0.273. The minimum Gasteiger partial charge on any atom is -0.508 e. The van der Waals surface area contributed by atoms with Crippen LogP contribution < -0.4 is 11.1 Å². The van der Waals surface area contributed by atoms with Crippen LogP contribution in [0.5, 0.6) is 11.5 Å². The van der Waals surface area contributed by atoms with Gasteiger partial charge < -0.3 is 21.3 Å². The quantitative estimate of drug-likeness (QED) is 0.467. The molecule has 0 aliphatic rings. The molecule has 0 aliphatic heterocycles. The average molecular weight is 349 g/mol. The van der Waals surface area contributed by atoms with Gasteiger partial charge in [-0.3, -0.25) is 9.59 Å². The molecule has 0 aromatic heterocycles. The van der Waals surface area contributed by atoms with Gasteiger partial charge in [-0.1, -0.05) is 0 Å². The van der Waals surface area contributed by atoms with E-state index in [9.17, 15) is 19.8 Å². The molecular formula is C11H13BrN2O4S. The second-order valence-corrected chi connectivity index (χ2v) is 5.66. The van der Waals surface area contributed by atoms with Crippen LogP contribution in [0.4, 0.5) is 0 Å². The third-order valence-corrected chi connectivity index (χ3v) is 3.87. The fourth-order valence-corrected chi connectivity index (χ4v) is 2.91. The SMILES string of the molecule is CC(=O)N[C@@H](CSc1cc(O)cc(Br)c1O)C(N)=O. The number of halogens is 1. The topological polar surface area (TPSA) is 113 Å². The molecule has 0 fully saturated rings. The number of phenols is 2. The summed E-state index contributed by atoms with van der Waals surface area (Å²) in [4.78, 5) is 22.4. The zero-order valence-electron chi connectivity index (χ0n) is 10.0. The monoisotopic (exact) mass is 348 g/mol. The van der Waals surface area contributed by atoms with Crippen molar-refractivity contribution in [2.24, 2.45) is 5.73 Å². The number of amides is 2. The van der Waals surface area contributed by atoms with Gasteiger partial charge in [-0.05, 0) is 28.1 Å². The molecule has 6 nitrogen and oxygen atoms in total. The molecule has 0 spiro atoms. The molecule has 0 bridgehead atoms. The standard InChI is InChI=1S/C11H13BrN2O4S/c1-5(15)14-8(11(13)18)4-19-9-3-6(16)2-7(12)10(9)17/h2-3,8,16-17H,4H2,1H3,(H2,13,18)(H,14,15)/t8-/m0/s1. The summed E-state index contributed by atoms with van der Waals surface area (Å²) in [7, 11) is 0. The van der Waals surface area contributed by atoms with Crippen LogP contribution in [0.25, 0.3) is 0 Å². The molecular weight excluding hydrogens is 336 g/mol. The number of nitrogens with two attached hydrogens (primary N) is 1. The second kappa shape index (κ2) is 6.67. The summed E-state index contributed by atoms with van der Waals surface area (Å²) in [5.41, 5.74) is 5.16. The number of phenolic OH excluding ortho intramolecular Hbond substituents is 2. The Hall–Kier alpha value is -1.41. The van der Waals surface area contributed by atoms with Crippen molar-refractivity contribution >= 4 is 39.5 Å². The molecule has 104 valence electrons. The number of aromatic hydroxyl groups is 2. The van der Waals surface area contributed by atoms with Crippen molar-refractivity contribution in [3.05, 3.63) is 16.6 Å². The van der Waals surface area contributed by atoms with E-state index in [1.165, 1.54) is 19.1 Å². The maximum absolute atomic E-state index is 11.1. The maximum atomic E-state index is 11.1. The van der Waals surface area contributed by atoms with Gasteiger partial charge in [0.15, 0.2) is 0 Å². The third-order valence-electron chi connectivity index (χ3n) is 2.14. The van der Waals surface area contributed by atoms with E-state index in [1.807, 2.05) is 0 Å². The summed E-state index contributed by atoms with van der Waals surface area (Å²) in [5.74, 6) is -0.957. The molecule has 2 amide bonds. The van der Waals surface area contributed by atoms with Crippen LogP contribution in [0.1, 0.15) is 6.92 Å². The number of rotatable bonds is 5. The Morgan fingerprint density at radius 3 is 2.63 bits per heavy atom. The molecule has 0 heterocycles. The zero-order valence-corrected chi connectivity index (χ0v) is 12.4. The van der Waals surface area contributed by atoms with Crippen LogP contribution in [-0.4, -0.2) is 33.8 Å². The first-order chi connectivity index (χ1) is 8.81. The van der Waals surface area contributed by atoms with Crippen molar-refractivity contribution in [2.45, 2.75) is 17.9 Å². The number of nitrogens with one attached hydrogen (secondary N) is 1. The van der Waals surface area contributed by atoms with E-state index < -0.39 is 11.9 Å². The Labute approximate surface area is 122 Å². The van der Waals surface area contributed by atoms with Crippen LogP contribution in [0, 0.1) is 0 Å². The molecule has 1 rings (SSSR count). The Morgan fingerprint density at radius 2 is 2.11 bits per heavy atom. The van der Waals surface area contributed by atoms with Gasteiger partial charge >= 0.3 is 0 Å². The van der Waals surface area contributed by atoms with E-state index in [0.29, 0.717) is 9.37 Å². The highest BCUT2D eigenvalue weighted by Gasteiger charge is 2.18. The summed E-state index contributed by atoms with van der Waals surface area (Å²) < 4.78 is 0.338. The van der Waals surface area contributed by atoms with Gasteiger partial charge in [-0.15, -0.1) is 11.8 Å². The van der Waals surface area contributed by atoms with Gasteiger partial charge in [0, 0.05) is 12.7 Å². The Balaban J connectivity index is 2.79. The number of primary amides is 1. The molecule has 5 N–H and O–H groups in total. The first-order valence-corrected chi connectivity index (χ1v) is 6.99. The largest absolute Gasteiger partial charge is 0.508 e. The van der Waals surface area contributed by atoms with Gasteiger partial charge in [0.1, 0.15) is 17.5 Å². The number of hydrogen-bond donors (Lipinski definition) is 4. The highest BCUT2D eigenvalue weighted by atomic mass is 79.9. The molecule has 19 heavy (non-hydrogen) atoms. The summed E-state index contributed by atoms with van der Waals surface area (Å²) >= 11 is 4.19. The number of benzene rings is 1. The second-order valence-electron chi connectivity index (χ2n) is 3.74. The Bertz CT molecular complexity index is 510. The molecule has 8 heteroatoms. The Kier molecular flexibility index (Phi) is 5.49. The Morgan fingerprint density at radius 1 is 1.47 bits per heavy atom. The molecule has 1 aromatic carbocycles. The molecule has 0 saturated carbocycles. The number of carbonyl (C=O) groups excluding carboxylic acids is 2. The average Bonchev–Trinajstić information content (AvgIpc) is 2.29. The predicted octanol–water partition coefficient (Wildman–Crippen LogP) is 0.942. The van der Waals surface area contributed by atoms with Gasteiger partial charge in [-0.25, -0.2) is 0 Å². The van der Waals surface area contributed by atoms with Gasteiger partial charge in [0.25, 0.3) is 0 Å². The summed E-state index contributed by atoms with van der Waals surface area (Å²) in [6.07, 6.45) is 0. The predicted molar refractivity (Wildman–Crippen MR) is 75.0 cm³/mol. The fourth-order valence-electron chi connectivity index (χ4n) is 1.28. The highest BCUT2D eigenvalue weighted by Crippen LogP contribution is 2.38. The molecule has 1 atom stereocenters. The minimum atomic E-state index is -0.844. The first-order valence-electron chi connectivity index (χ1n) is 5.22. The smallest absolute Gasteiger partial charge is 0.240 e. The summed E-state index contributed by atoms with van der Waals surface area (Å²) in [5, 5.41) is 21.6. The lowest BCUT2D eigenvalue weighted by molar-refractivity contribution is -0.125. The van der Waals surface area contributed by atoms with Crippen molar-refractivity contribution in [1.82, 2.24) is 5.32 Å². The van der Waals surface area contributed by atoms with Gasteiger partial charge in [-0.2, -0.15) is 0 Å². The van der Waals surface area contributed by atoms with Gasteiger partial charge in [0.2, 0.25) is 11.8 Å². The minimum absolute atomic E-state index is 0.0256. The lowest BCUT2D eigenvalue weighted by Gasteiger charge is -2.14. The maximum Gasteiger partial charge on any atom is 0.240 e. The van der Waals surface area contributed by atoms with Crippen LogP contribution in [0.15, 0.2) is 21.5 Å². The molecule has 0 unspecified atom stereocenters. The molecule has 1 aromatic rings. The van der Waals surface area contributed by atoms with E-state index in [1.54, 1.807) is 0 Å².